The van der Waals surface area contributed by atoms with E-state index in [2.05, 4.69) is 25.6 Å². The molecule has 10 nitrogen and oxygen atoms in total. The van der Waals surface area contributed by atoms with Gasteiger partial charge in [0.05, 0.1) is 16.9 Å². The van der Waals surface area contributed by atoms with Crippen LogP contribution in [-0.2, 0) is 11.3 Å². The normalized spacial score (nSPS) is 15.5. The third-order valence-electron chi connectivity index (χ3n) is 5.22. The number of nitrogens with zero attached hydrogens (tertiary/aromatic N) is 4. The zero-order chi connectivity index (χ0) is 23.5. The lowest BCUT2D eigenvalue weighted by molar-refractivity contribution is -0.119. The molecular weight excluding hydrogens is 464 g/mol. The van der Waals surface area contributed by atoms with Gasteiger partial charge in [0.15, 0.2) is 5.13 Å². The highest BCUT2D eigenvalue weighted by Gasteiger charge is 2.30. The number of nitrogens with one attached hydrogen (secondary N) is 2. The second kappa shape index (κ2) is 9.69. The number of nitrogens with two attached hydrogens (primary N) is 2. The van der Waals surface area contributed by atoms with E-state index in [4.69, 9.17) is 23.1 Å². The van der Waals surface area contributed by atoms with Crippen molar-refractivity contribution < 1.29 is 9.59 Å². The summed E-state index contributed by atoms with van der Waals surface area (Å²) >= 11 is 7.39. The summed E-state index contributed by atoms with van der Waals surface area (Å²) in [5.41, 5.74) is 12.5. The van der Waals surface area contributed by atoms with Gasteiger partial charge in [-0.05, 0) is 31.4 Å². The zero-order valence-corrected chi connectivity index (χ0v) is 19.4. The smallest absolute Gasteiger partial charge is 0.267 e. The molecule has 3 heterocycles. The second-order valence-corrected chi connectivity index (χ2v) is 8.94. The van der Waals surface area contributed by atoms with Crippen molar-refractivity contribution in [3.63, 3.8) is 0 Å². The number of thiazole rings is 1. The fraction of sp³-hybridized carbons (Fsp3) is 0.286. The van der Waals surface area contributed by atoms with E-state index in [1.165, 1.54) is 17.5 Å². The van der Waals surface area contributed by atoms with E-state index in [0.29, 0.717) is 51.1 Å². The third-order valence-corrected chi connectivity index (χ3v) is 6.45. The van der Waals surface area contributed by atoms with Crippen LogP contribution in [0.4, 0.5) is 22.5 Å². The summed E-state index contributed by atoms with van der Waals surface area (Å²) in [6, 6.07) is 6.63. The van der Waals surface area contributed by atoms with Crippen molar-refractivity contribution in [2.24, 2.45) is 11.5 Å². The number of carbonyl (C=O) groups is 2. The van der Waals surface area contributed by atoms with Gasteiger partial charge in [-0.2, -0.15) is 0 Å². The number of hydrogen-bond acceptors (Lipinski definition) is 9. The molecule has 0 aliphatic carbocycles. The fourth-order valence-electron chi connectivity index (χ4n) is 3.70. The van der Waals surface area contributed by atoms with E-state index in [0.717, 1.165) is 12.0 Å². The summed E-state index contributed by atoms with van der Waals surface area (Å²) in [5.74, 6) is 0.946. The first kappa shape index (κ1) is 22.9. The Bertz CT molecular complexity index is 1200. The maximum absolute atomic E-state index is 12.7. The van der Waals surface area contributed by atoms with Gasteiger partial charge in [-0.3, -0.25) is 9.59 Å². The number of amides is 2. The van der Waals surface area contributed by atoms with E-state index in [1.807, 2.05) is 4.90 Å². The van der Waals surface area contributed by atoms with E-state index in [-0.39, 0.29) is 24.4 Å². The molecule has 2 amide bonds. The Kier molecular flexibility index (Phi) is 6.72. The Morgan fingerprint density at radius 3 is 2.91 bits per heavy atom. The molecule has 1 aliphatic rings. The molecule has 1 atom stereocenters. The molecule has 0 unspecified atom stereocenters. The highest BCUT2D eigenvalue weighted by atomic mass is 35.5. The van der Waals surface area contributed by atoms with Crippen LogP contribution in [0.5, 0.6) is 0 Å². The predicted octanol–water partition coefficient (Wildman–Crippen LogP) is 2.80. The molecule has 4 rings (SSSR count). The van der Waals surface area contributed by atoms with Crippen LogP contribution in [0.3, 0.4) is 0 Å². The maximum atomic E-state index is 12.7. The summed E-state index contributed by atoms with van der Waals surface area (Å²) in [5, 5.41) is 6.82. The van der Waals surface area contributed by atoms with Crippen molar-refractivity contribution in [3.8, 4) is 0 Å². The van der Waals surface area contributed by atoms with Crippen molar-refractivity contribution in [1.82, 2.24) is 15.0 Å². The monoisotopic (exact) mass is 486 g/mol. The molecule has 0 saturated carbocycles. The predicted molar refractivity (Wildman–Crippen MR) is 129 cm³/mol. The standard InChI is InChI=1S/C21H23ClN8O2S/c1-11-26-16(8-17(27-11)30-7-3-6-14(30)19(24)31)28-21-25-10-15(33-21)20(32)29-18-12(9-23)4-2-5-13(18)22/h2,4-5,8,10,14H,3,6-7,9,23H2,1H3,(H2,24,31)(H,29,32)(H,25,26,27,28)/t14-/m0/s1. The van der Waals surface area contributed by atoms with Crippen LogP contribution in [0, 0.1) is 6.92 Å². The molecule has 1 saturated heterocycles. The number of anilines is 4. The van der Waals surface area contributed by atoms with Crippen LogP contribution in [0.25, 0.3) is 0 Å². The van der Waals surface area contributed by atoms with Crippen molar-refractivity contribution in [2.45, 2.75) is 32.4 Å². The lowest BCUT2D eigenvalue weighted by atomic mass is 10.1. The SMILES string of the molecule is Cc1nc(Nc2ncc(C(=O)Nc3c(Cl)cccc3CN)s2)cc(N2CCC[C@H]2C(N)=O)n1. The second-order valence-electron chi connectivity index (χ2n) is 7.50. The molecule has 0 spiro atoms. The zero-order valence-electron chi connectivity index (χ0n) is 17.8. The third kappa shape index (κ3) is 5.05. The molecular formula is C21H23ClN8O2S. The van der Waals surface area contributed by atoms with Gasteiger partial charge in [-0.1, -0.05) is 35.1 Å². The van der Waals surface area contributed by atoms with Crippen molar-refractivity contribution in [1.29, 1.82) is 0 Å². The Hall–Kier alpha value is -3.28. The van der Waals surface area contributed by atoms with Crippen LogP contribution in [0.2, 0.25) is 5.02 Å². The number of hydrogen-bond donors (Lipinski definition) is 4. The molecule has 0 bridgehead atoms. The molecule has 1 fully saturated rings. The minimum Gasteiger partial charge on any atom is -0.368 e. The van der Waals surface area contributed by atoms with Gasteiger partial charge in [0.2, 0.25) is 5.91 Å². The Morgan fingerprint density at radius 1 is 1.33 bits per heavy atom. The summed E-state index contributed by atoms with van der Waals surface area (Å²) in [7, 11) is 0. The highest BCUT2D eigenvalue weighted by molar-refractivity contribution is 7.17. The molecule has 33 heavy (non-hydrogen) atoms. The molecule has 0 radical (unpaired) electrons. The van der Waals surface area contributed by atoms with Crippen LogP contribution in [0.1, 0.15) is 33.9 Å². The van der Waals surface area contributed by atoms with E-state index in [1.54, 1.807) is 31.2 Å². The van der Waals surface area contributed by atoms with E-state index in [9.17, 15) is 9.59 Å². The lowest BCUT2D eigenvalue weighted by Crippen LogP contribution is -2.40. The number of benzene rings is 1. The molecule has 6 N–H and O–H groups in total. The number of rotatable bonds is 7. The Balaban J connectivity index is 1.51. The van der Waals surface area contributed by atoms with E-state index < -0.39 is 0 Å². The minimum absolute atomic E-state index is 0.245. The van der Waals surface area contributed by atoms with Gasteiger partial charge in [0, 0.05) is 19.2 Å². The average Bonchev–Trinajstić information content (AvgIpc) is 3.44. The van der Waals surface area contributed by atoms with Gasteiger partial charge in [0.1, 0.15) is 28.4 Å². The summed E-state index contributed by atoms with van der Waals surface area (Å²) in [6.45, 7) is 2.70. The molecule has 2 aromatic heterocycles. The van der Waals surface area contributed by atoms with Gasteiger partial charge in [0.25, 0.3) is 5.91 Å². The van der Waals surface area contributed by atoms with Crippen LogP contribution in [-0.4, -0.2) is 39.4 Å². The van der Waals surface area contributed by atoms with Gasteiger partial charge < -0.3 is 27.0 Å². The first-order valence-corrected chi connectivity index (χ1v) is 11.5. The first-order chi connectivity index (χ1) is 15.9. The molecule has 3 aromatic rings. The number of aromatic nitrogens is 3. The topological polar surface area (TPSA) is 152 Å². The quantitative estimate of drug-likeness (QED) is 0.397. The van der Waals surface area contributed by atoms with Gasteiger partial charge in [-0.15, -0.1) is 0 Å². The van der Waals surface area contributed by atoms with Crippen LogP contribution < -0.4 is 27.0 Å². The number of aryl methyl sites for hydroxylation is 1. The van der Waals surface area contributed by atoms with Gasteiger partial charge in [-0.25, -0.2) is 15.0 Å². The molecule has 12 heteroatoms. The summed E-state index contributed by atoms with van der Waals surface area (Å²) < 4.78 is 0. The Morgan fingerprint density at radius 2 is 2.15 bits per heavy atom. The molecule has 1 aliphatic heterocycles. The van der Waals surface area contributed by atoms with Crippen molar-refractivity contribution in [2.75, 3.05) is 22.1 Å². The van der Waals surface area contributed by atoms with Crippen molar-refractivity contribution in [3.05, 3.63) is 51.7 Å². The number of para-hydroxylation sites is 1. The number of halogens is 1. The molecule has 1 aromatic carbocycles. The first-order valence-electron chi connectivity index (χ1n) is 10.3. The lowest BCUT2D eigenvalue weighted by Gasteiger charge is -2.23. The largest absolute Gasteiger partial charge is 0.368 e. The molecule has 172 valence electrons. The number of carbonyl (C=O) groups excluding carboxylic acids is 2. The van der Waals surface area contributed by atoms with E-state index >= 15 is 0 Å². The van der Waals surface area contributed by atoms with Crippen molar-refractivity contribution >= 4 is 57.2 Å². The maximum Gasteiger partial charge on any atom is 0.267 e. The summed E-state index contributed by atoms with van der Waals surface area (Å²) in [6.07, 6.45) is 3.03. The summed E-state index contributed by atoms with van der Waals surface area (Å²) in [4.78, 5) is 39.9. The van der Waals surface area contributed by atoms with Crippen LogP contribution in [0.15, 0.2) is 30.5 Å². The Labute approximate surface area is 199 Å². The van der Waals surface area contributed by atoms with Gasteiger partial charge >= 0.3 is 0 Å². The minimum atomic E-state index is -0.384. The van der Waals surface area contributed by atoms with Crippen LogP contribution >= 0.6 is 22.9 Å². The fourth-order valence-corrected chi connectivity index (χ4v) is 4.66. The highest BCUT2D eigenvalue weighted by Crippen LogP contribution is 2.30. The average molecular weight is 487 g/mol. The number of primary amides is 1.